The Kier molecular flexibility index (Phi) is 8.22. The lowest BCUT2D eigenvalue weighted by Gasteiger charge is -2.21. The first kappa shape index (κ1) is 28.1. The van der Waals surface area contributed by atoms with Gasteiger partial charge in [-0.25, -0.2) is 18.4 Å². The highest BCUT2D eigenvalue weighted by Crippen LogP contribution is 2.27. The van der Waals surface area contributed by atoms with Crippen molar-refractivity contribution < 1.29 is 13.2 Å². The normalized spacial score (nSPS) is 11.6. The fourth-order valence-electron chi connectivity index (χ4n) is 4.62. The summed E-state index contributed by atoms with van der Waals surface area (Å²) < 4.78 is 25.9. The van der Waals surface area contributed by atoms with Crippen LogP contribution in [0.5, 0.6) is 0 Å². The number of aryl methyl sites for hydroxylation is 1. The second-order valence-corrected chi connectivity index (χ2v) is 11.5. The molecule has 1 aromatic heterocycles. The Hall–Kier alpha value is -3.95. The molecule has 0 saturated heterocycles. The lowest BCUT2D eigenvalue weighted by Crippen LogP contribution is -2.40. The molecule has 9 heteroatoms. The van der Waals surface area contributed by atoms with Crippen LogP contribution < -0.4 is 20.9 Å². The number of nitrogens with zero attached hydrogens (tertiary/aromatic N) is 2. The number of amides is 2. The zero-order chi connectivity index (χ0) is 28.3. The third-order valence-corrected chi connectivity index (χ3v) is 7.56. The number of sulfonamides is 1. The van der Waals surface area contributed by atoms with Gasteiger partial charge in [-0.15, -0.1) is 0 Å². The molecule has 0 bridgehead atoms. The third kappa shape index (κ3) is 6.21. The number of benzene rings is 3. The van der Waals surface area contributed by atoms with Crippen molar-refractivity contribution in [2.45, 2.75) is 51.1 Å². The maximum atomic E-state index is 13.8. The van der Waals surface area contributed by atoms with E-state index in [0.29, 0.717) is 23.2 Å². The molecule has 39 heavy (non-hydrogen) atoms. The fraction of sp³-hybridized carbons (Fsp3) is 0.267. The number of nitrogens with one attached hydrogen (secondary N) is 1. The van der Waals surface area contributed by atoms with Crippen LogP contribution in [-0.4, -0.2) is 32.1 Å². The summed E-state index contributed by atoms with van der Waals surface area (Å²) in [6.45, 7) is 6.22. The van der Waals surface area contributed by atoms with E-state index in [1.165, 1.54) is 11.0 Å². The predicted octanol–water partition coefficient (Wildman–Crippen LogP) is 4.87. The van der Waals surface area contributed by atoms with Crippen LogP contribution in [0.15, 0.2) is 82.5 Å². The Labute approximate surface area is 229 Å². The van der Waals surface area contributed by atoms with Crippen molar-refractivity contribution in [3.8, 4) is 11.1 Å². The van der Waals surface area contributed by atoms with Crippen molar-refractivity contribution >= 4 is 32.5 Å². The molecule has 0 fully saturated rings. The summed E-state index contributed by atoms with van der Waals surface area (Å²) in [5.41, 5.74) is 3.58. The second kappa shape index (κ2) is 11.4. The van der Waals surface area contributed by atoms with Gasteiger partial charge in [-0.1, -0.05) is 61.9 Å². The molecule has 3 aromatic carbocycles. The summed E-state index contributed by atoms with van der Waals surface area (Å²) in [5, 5.41) is 9.64. The van der Waals surface area contributed by atoms with E-state index < -0.39 is 10.0 Å². The van der Waals surface area contributed by atoms with Crippen LogP contribution in [0.3, 0.4) is 0 Å². The third-order valence-electron chi connectivity index (χ3n) is 6.59. The lowest BCUT2D eigenvalue weighted by atomic mass is 10.0. The molecule has 0 aliphatic carbocycles. The Balaban J connectivity index is 1.72. The lowest BCUT2D eigenvalue weighted by molar-refractivity contribution is 0.245. The zero-order valence-corrected chi connectivity index (χ0v) is 23.5. The Morgan fingerprint density at radius 1 is 1.03 bits per heavy atom. The van der Waals surface area contributed by atoms with E-state index in [1.54, 1.807) is 35.9 Å². The molecule has 4 rings (SSSR count). The summed E-state index contributed by atoms with van der Waals surface area (Å²) in [7, 11) is -2.19. The van der Waals surface area contributed by atoms with Gasteiger partial charge in [-0.3, -0.25) is 9.69 Å². The number of carbonyl (C=O) groups excluding carboxylic acids is 1. The molecule has 0 atom stereocenters. The number of fused-ring (bicyclic) bond motifs is 1. The topological polar surface area (TPSA) is 114 Å². The van der Waals surface area contributed by atoms with E-state index in [2.05, 4.69) is 12.2 Å². The van der Waals surface area contributed by atoms with Crippen LogP contribution in [-0.2, 0) is 23.0 Å². The first-order chi connectivity index (χ1) is 18.5. The molecule has 0 aliphatic rings. The molecule has 4 aromatic rings. The van der Waals surface area contributed by atoms with Crippen molar-refractivity contribution in [2.75, 3.05) is 11.9 Å². The number of rotatable bonds is 8. The second-order valence-electron chi connectivity index (χ2n) is 9.95. The summed E-state index contributed by atoms with van der Waals surface area (Å²) in [6, 6.07) is 21.4. The number of pyridine rings is 1. The number of hydrogen-bond acceptors (Lipinski definition) is 4. The first-order valence-electron chi connectivity index (χ1n) is 12.9. The number of urea groups is 1. The van der Waals surface area contributed by atoms with E-state index in [4.69, 9.17) is 5.14 Å². The van der Waals surface area contributed by atoms with Crippen molar-refractivity contribution in [3.05, 3.63) is 94.4 Å². The van der Waals surface area contributed by atoms with Crippen LogP contribution >= 0.6 is 0 Å². The van der Waals surface area contributed by atoms with Gasteiger partial charge in [0.25, 0.3) is 5.56 Å². The molecule has 0 spiro atoms. The van der Waals surface area contributed by atoms with E-state index in [0.717, 1.165) is 35.0 Å². The van der Waals surface area contributed by atoms with Gasteiger partial charge in [0.05, 0.1) is 11.4 Å². The quantitative estimate of drug-likeness (QED) is 0.328. The number of primary sulfonamides is 1. The number of aromatic nitrogens is 1. The van der Waals surface area contributed by atoms with Crippen LogP contribution in [0.2, 0.25) is 0 Å². The highest BCUT2D eigenvalue weighted by atomic mass is 32.2. The van der Waals surface area contributed by atoms with Crippen LogP contribution in [0.25, 0.3) is 21.9 Å². The van der Waals surface area contributed by atoms with Gasteiger partial charge in [-0.2, -0.15) is 0 Å². The van der Waals surface area contributed by atoms with Gasteiger partial charge < -0.3 is 9.88 Å². The average Bonchev–Trinajstić information content (AvgIpc) is 2.90. The Morgan fingerprint density at radius 2 is 1.72 bits per heavy atom. The summed E-state index contributed by atoms with van der Waals surface area (Å²) >= 11 is 0. The van der Waals surface area contributed by atoms with E-state index in [-0.39, 0.29) is 22.5 Å². The standard InChI is InChI=1S/C30H34N4O4S/c1-5-8-25-17-23-15-16-24(33(4)30(36)32-20(2)3)18-27(23)29(35)34(25)19-21-11-13-22(14-12-21)26-9-6-7-10-28(26)39(31,37)38/h6-7,9-18,20H,5,8,19H2,1-4H3,(H,32,36)(H2,31,37,38). The molecule has 204 valence electrons. The summed E-state index contributed by atoms with van der Waals surface area (Å²) in [4.78, 5) is 27.8. The van der Waals surface area contributed by atoms with Crippen LogP contribution in [0, 0.1) is 0 Å². The van der Waals surface area contributed by atoms with E-state index in [1.807, 2.05) is 56.3 Å². The van der Waals surface area contributed by atoms with E-state index in [9.17, 15) is 18.0 Å². The van der Waals surface area contributed by atoms with E-state index >= 15 is 0 Å². The number of hydrogen-bond donors (Lipinski definition) is 2. The van der Waals surface area contributed by atoms with Gasteiger partial charge in [0.15, 0.2) is 0 Å². The predicted molar refractivity (Wildman–Crippen MR) is 157 cm³/mol. The molecule has 0 unspecified atom stereocenters. The molecule has 8 nitrogen and oxygen atoms in total. The van der Waals surface area contributed by atoms with Gasteiger partial charge in [-0.05, 0) is 61.0 Å². The molecule has 0 saturated carbocycles. The number of carbonyl (C=O) groups is 1. The summed E-state index contributed by atoms with van der Waals surface area (Å²) in [5.74, 6) is 0. The monoisotopic (exact) mass is 546 g/mol. The van der Waals surface area contributed by atoms with Crippen molar-refractivity contribution in [1.82, 2.24) is 9.88 Å². The molecular weight excluding hydrogens is 512 g/mol. The van der Waals surface area contributed by atoms with Crippen molar-refractivity contribution in [2.24, 2.45) is 5.14 Å². The SMILES string of the molecule is CCCc1cc2ccc(N(C)C(=O)NC(C)C)cc2c(=O)n1Cc1ccc(-c2ccccc2S(N)(=O)=O)cc1. The molecule has 2 amide bonds. The van der Waals surface area contributed by atoms with Crippen LogP contribution in [0.1, 0.15) is 38.4 Å². The largest absolute Gasteiger partial charge is 0.336 e. The number of nitrogens with two attached hydrogens (primary N) is 1. The fourth-order valence-corrected chi connectivity index (χ4v) is 5.38. The first-order valence-corrected chi connectivity index (χ1v) is 14.5. The number of anilines is 1. The Morgan fingerprint density at radius 3 is 2.36 bits per heavy atom. The smallest absolute Gasteiger partial charge is 0.321 e. The molecule has 0 radical (unpaired) electrons. The van der Waals surface area contributed by atoms with Crippen molar-refractivity contribution in [1.29, 1.82) is 0 Å². The maximum Gasteiger partial charge on any atom is 0.321 e. The maximum absolute atomic E-state index is 13.8. The van der Waals surface area contributed by atoms with Gasteiger partial charge in [0.2, 0.25) is 10.0 Å². The Bertz CT molecular complexity index is 1680. The van der Waals surface area contributed by atoms with Crippen molar-refractivity contribution in [3.63, 3.8) is 0 Å². The summed E-state index contributed by atoms with van der Waals surface area (Å²) in [6.07, 6.45) is 1.62. The van der Waals surface area contributed by atoms with Gasteiger partial charge in [0.1, 0.15) is 0 Å². The average molecular weight is 547 g/mol. The highest BCUT2D eigenvalue weighted by molar-refractivity contribution is 7.89. The minimum atomic E-state index is -3.87. The van der Waals surface area contributed by atoms with Crippen LogP contribution in [0.4, 0.5) is 10.5 Å². The minimum Gasteiger partial charge on any atom is -0.336 e. The van der Waals surface area contributed by atoms with Gasteiger partial charge in [0, 0.05) is 35.4 Å². The molecular formula is C30H34N4O4S. The minimum absolute atomic E-state index is 0.00573. The van der Waals surface area contributed by atoms with Gasteiger partial charge >= 0.3 is 6.03 Å². The zero-order valence-electron chi connectivity index (χ0n) is 22.6. The molecule has 1 heterocycles. The molecule has 0 aliphatic heterocycles. The molecule has 3 N–H and O–H groups in total. The highest BCUT2D eigenvalue weighted by Gasteiger charge is 2.17.